The number of rotatable bonds is 17. The van der Waals surface area contributed by atoms with Crippen molar-refractivity contribution in [2.75, 3.05) is 46.1 Å². The molecule has 38 heavy (non-hydrogen) atoms. The van der Waals surface area contributed by atoms with Gasteiger partial charge in [-0.15, -0.1) is 5.06 Å². The molecule has 3 rings (SSSR count). The Bertz CT molecular complexity index is 918. The van der Waals surface area contributed by atoms with E-state index in [1.807, 2.05) is 0 Å². The summed E-state index contributed by atoms with van der Waals surface area (Å²) in [5.41, 5.74) is 0. The van der Waals surface area contributed by atoms with Gasteiger partial charge < -0.3 is 19.0 Å². The van der Waals surface area contributed by atoms with Crippen LogP contribution in [0.1, 0.15) is 32.1 Å². The van der Waals surface area contributed by atoms with Gasteiger partial charge in [-0.1, -0.05) is 0 Å². The summed E-state index contributed by atoms with van der Waals surface area (Å²) in [7, 11) is 0. The van der Waals surface area contributed by atoms with Gasteiger partial charge in [-0.3, -0.25) is 38.6 Å². The highest BCUT2D eigenvalue weighted by molar-refractivity contribution is 6.13. The van der Waals surface area contributed by atoms with Gasteiger partial charge in [-0.25, -0.2) is 4.79 Å². The molecule has 0 aromatic heterocycles. The molecule has 1 saturated heterocycles. The Hall–Kier alpha value is -3.75. The summed E-state index contributed by atoms with van der Waals surface area (Å²) in [5, 5.41) is 0.461. The van der Waals surface area contributed by atoms with Gasteiger partial charge in [0.15, 0.2) is 0 Å². The maximum Gasteiger partial charge on any atom is 0.335 e. The summed E-state index contributed by atoms with van der Waals surface area (Å²) in [6.45, 7) is 0.910. The molecular weight excluding hydrogens is 506 g/mol. The van der Waals surface area contributed by atoms with E-state index < -0.39 is 23.9 Å². The molecular formula is C24H29N3O11. The van der Waals surface area contributed by atoms with Gasteiger partial charge in [0.1, 0.15) is 6.10 Å². The van der Waals surface area contributed by atoms with Gasteiger partial charge in [0.2, 0.25) is 0 Å². The molecule has 6 amide bonds. The predicted octanol–water partition coefficient (Wildman–Crippen LogP) is -0.968. The molecule has 206 valence electrons. The number of carbonyl (C=O) groups excluding carboxylic acids is 7. The van der Waals surface area contributed by atoms with Crippen LogP contribution < -0.4 is 0 Å². The van der Waals surface area contributed by atoms with E-state index in [4.69, 9.17) is 19.0 Å². The van der Waals surface area contributed by atoms with Gasteiger partial charge in [0.05, 0.1) is 26.2 Å². The fraction of sp³-hybridized carbons (Fsp3) is 0.542. The Balaban J connectivity index is 1.36. The van der Waals surface area contributed by atoms with E-state index in [0.29, 0.717) is 17.9 Å². The highest BCUT2D eigenvalue weighted by Crippen LogP contribution is 2.13. The van der Waals surface area contributed by atoms with E-state index in [1.165, 1.54) is 24.3 Å². The summed E-state index contributed by atoms with van der Waals surface area (Å²) in [6, 6.07) is 0. The fourth-order valence-electron chi connectivity index (χ4n) is 3.64. The van der Waals surface area contributed by atoms with Gasteiger partial charge in [0.25, 0.3) is 35.4 Å². The summed E-state index contributed by atoms with van der Waals surface area (Å²) < 4.78 is 16.8. The van der Waals surface area contributed by atoms with Crippen LogP contribution in [0.5, 0.6) is 0 Å². The van der Waals surface area contributed by atoms with Crippen molar-refractivity contribution in [1.82, 2.24) is 14.9 Å². The molecule has 0 aromatic rings. The lowest BCUT2D eigenvalue weighted by Gasteiger charge is -2.20. The van der Waals surface area contributed by atoms with Crippen molar-refractivity contribution >= 4 is 41.4 Å². The number of ether oxygens (including phenoxy) is 3. The fourth-order valence-corrected chi connectivity index (χ4v) is 3.64. The Kier molecular flexibility index (Phi) is 10.8. The van der Waals surface area contributed by atoms with Crippen LogP contribution in [-0.2, 0) is 52.6 Å². The van der Waals surface area contributed by atoms with Crippen LogP contribution in [0.3, 0.4) is 0 Å². The first-order valence-electron chi connectivity index (χ1n) is 12.2. The zero-order valence-electron chi connectivity index (χ0n) is 20.7. The van der Waals surface area contributed by atoms with Crippen molar-refractivity contribution < 1.29 is 52.6 Å². The maximum absolute atomic E-state index is 12.0. The average molecular weight is 536 g/mol. The maximum atomic E-state index is 12.0. The Morgan fingerprint density at radius 2 is 1.16 bits per heavy atom. The highest BCUT2D eigenvalue weighted by Gasteiger charge is 2.32. The third kappa shape index (κ3) is 8.39. The molecule has 0 aromatic carbocycles. The van der Waals surface area contributed by atoms with Crippen LogP contribution in [0.25, 0.3) is 0 Å². The first kappa shape index (κ1) is 28.8. The first-order valence-corrected chi connectivity index (χ1v) is 12.2. The zero-order valence-corrected chi connectivity index (χ0v) is 20.7. The number of imide groups is 3. The molecule has 0 saturated carbocycles. The predicted molar refractivity (Wildman–Crippen MR) is 124 cm³/mol. The molecule has 14 nitrogen and oxygen atoms in total. The molecule has 0 N–H and O–H groups in total. The minimum Gasteiger partial charge on any atom is -0.379 e. The monoisotopic (exact) mass is 535 g/mol. The molecule has 14 heteroatoms. The van der Waals surface area contributed by atoms with Crippen LogP contribution in [0.2, 0.25) is 0 Å². The molecule has 1 fully saturated rings. The largest absolute Gasteiger partial charge is 0.379 e. The number of nitrogens with zero attached hydrogens (tertiary/aromatic N) is 3. The van der Waals surface area contributed by atoms with Crippen LogP contribution in [0.15, 0.2) is 24.3 Å². The SMILES string of the molecule is O=C(CCOC(COCCCN1C(=O)C=CC1=O)COCCCN1C(=O)C=CC1=O)ON1C(=O)CCC1=O. The second kappa shape index (κ2) is 14.3. The lowest BCUT2D eigenvalue weighted by atomic mass is 10.3. The van der Waals surface area contributed by atoms with Crippen molar-refractivity contribution in [2.45, 2.75) is 38.2 Å². The summed E-state index contributed by atoms with van der Waals surface area (Å²) in [6.07, 6.45) is 4.78. The summed E-state index contributed by atoms with van der Waals surface area (Å²) in [4.78, 5) is 88.5. The zero-order chi connectivity index (χ0) is 27.5. The van der Waals surface area contributed by atoms with E-state index in [2.05, 4.69) is 0 Å². The Labute approximate surface area is 218 Å². The molecule has 0 bridgehead atoms. The molecule has 3 aliphatic rings. The molecule has 0 spiro atoms. The first-order chi connectivity index (χ1) is 18.3. The van der Waals surface area contributed by atoms with Crippen LogP contribution in [0.4, 0.5) is 0 Å². The lowest BCUT2D eigenvalue weighted by Crippen LogP contribution is -2.33. The summed E-state index contributed by atoms with van der Waals surface area (Å²) in [5.74, 6) is -3.46. The molecule has 0 radical (unpaired) electrons. The number of carbonyl (C=O) groups is 7. The number of hydrogen-bond acceptors (Lipinski definition) is 11. The van der Waals surface area contributed by atoms with E-state index in [1.54, 1.807) is 0 Å². The highest BCUT2D eigenvalue weighted by atomic mass is 16.7. The van der Waals surface area contributed by atoms with Crippen molar-refractivity contribution in [1.29, 1.82) is 0 Å². The van der Waals surface area contributed by atoms with E-state index in [9.17, 15) is 33.6 Å². The van der Waals surface area contributed by atoms with Crippen LogP contribution >= 0.6 is 0 Å². The lowest BCUT2D eigenvalue weighted by molar-refractivity contribution is -0.198. The molecule has 3 heterocycles. The smallest absolute Gasteiger partial charge is 0.335 e. The van der Waals surface area contributed by atoms with Gasteiger partial charge >= 0.3 is 5.97 Å². The normalized spacial score (nSPS) is 17.3. The van der Waals surface area contributed by atoms with Crippen molar-refractivity contribution in [3.63, 3.8) is 0 Å². The number of amides is 6. The van der Waals surface area contributed by atoms with Crippen LogP contribution in [-0.4, -0.2) is 109 Å². The number of hydrogen-bond donors (Lipinski definition) is 0. The van der Waals surface area contributed by atoms with Crippen molar-refractivity contribution in [3.05, 3.63) is 24.3 Å². The third-order valence-electron chi connectivity index (χ3n) is 5.61. The van der Waals surface area contributed by atoms with Crippen molar-refractivity contribution in [2.24, 2.45) is 0 Å². The second-order valence-corrected chi connectivity index (χ2v) is 8.47. The topological polar surface area (TPSA) is 166 Å². The Morgan fingerprint density at radius 1 is 0.711 bits per heavy atom. The number of hydroxylamine groups is 2. The molecule has 0 atom stereocenters. The quantitative estimate of drug-likeness (QED) is 0.166. The molecule has 3 aliphatic heterocycles. The molecule has 0 aliphatic carbocycles. The minimum absolute atomic E-state index is 0.00739. The average Bonchev–Trinajstić information content (AvgIpc) is 3.50. The van der Waals surface area contributed by atoms with Crippen LogP contribution in [0, 0.1) is 0 Å². The minimum atomic E-state index is -0.809. The van der Waals surface area contributed by atoms with E-state index in [-0.39, 0.29) is 89.0 Å². The Morgan fingerprint density at radius 3 is 1.61 bits per heavy atom. The van der Waals surface area contributed by atoms with Gasteiger partial charge in [-0.05, 0) is 12.8 Å². The van der Waals surface area contributed by atoms with Crippen molar-refractivity contribution in [3.8, 4) is 0 Å². The van der Waals surface area contributed by atoms with E-state index in [0.717, 1.165) is 9.80 Å². The van der Waals surface area contributed by atoms with Gasteiger partial charge in [-0.2, -0.15) is 0 Å². The summed E-state index contributed by atoms with van der Waals surface area (Å²) >= 11 is 0. The van der Waals surface area contributed by atoms with Gasteiger partial charge in [0, 0.05) is 63.4 Å². The third-order valence-corrected chi connectivity index (χ3v) is 5.61. The van der Waals surface area contributed by atoms with E-state index >= 15 is 0 Å². The standard InChI is InChI=1S/C24H29N3O11/c28-18-3-4-19(29)25(18)10-1-12-35-15-17(16-36-13-2-11-26-20(30)5-6-21(26)31)37-14-9-24(34)38-27-22(32)7-8-23(27)33/h3-6,17H,1-2,7-16H2. The molecule has 0 unspecified atom stereocenters. The second-order valence-electron chi connectivity index (χ2n) is 8.47.